The molecule has 6 rings (SSSR count). The molecule has 7 heteroatoms. The Balaban J connectivity index is 1.04. The van der Waals surface area contributed by atoms with Gasteiger partial charge in [0.2, 0.25) is 5.91 Å². The van der Waals surface area contributed by atoms with Crippen molar-refractivity contribution in [3.63, 3.8) is 0 Å². The molecule has 198 valence electrons. The SMILES string of the molecule is Cc1ccc(C(=O)N2CCC(c3ccc(-c4cnn(C)c4)cc3)CC2)cc1NC(=O)C1CN(C2CCC2)C1. The van der Waals surface area contributed by atoms with Gasteiger partial charge in [0.15, 0.2) is 0 Å². The molecule has 1 aliphatic carbocycles. The molecule has 3 heterocycles. The summed E-state index contributed by atoms with van der Waals surface area (Å²) in [5, 5.41) is 7.37. The molecule has 38 heavy (non-hydrogen) atoms. The Labute approximate surface area is 224 Å². The third kappa shape index (κ3) is 4.99. The van der Waals surface area contributed by atoms with E-state index >= 15 is 0 Å². The van der Waals surface area contributed by atoms with Gasteiger partial charge < -0.3 is 10.2 Å². The van der Waals surface area contributed by atoms with E-state index in [4.69, 9.17) is 0 Å². The smallest absolute Gasteiger partial charge is 0.253 e. The van der Waals surface area contributed by atoms with Gasteiger partial charge in [-0.2, -0.15) is 5.10 Å². The second kappa shape index (κ2) is 10.4. The zero-order chi connectivity index (χ0) is 26.2. The fraction of sp³-hybridized carbons (Fsp3) is 0.452. The average Bonchev–Trinajstić information content (AvgIpc) is 3.32. The van der Waals surface area contributed by atoms with Crippen molar-refractivity contribution >= 4 is 17.5 Å². The second-order valence-corrected chi connectivity index (χ2v) is 11.3. The summed E-state index contributed by atoms with van der Waals surface area (Å²) in [6.07, 6.45) is 9.67. The van der Waals surface area contributed by atoms with Gasteiger partial charge in [0, 0.05) is 62.3 Å². The van der Waals surface area contributed by atoms with Gasteiger partial charge >= 0.3 is 0 Å². The number of amides is 2. The zero-order valence-corrected chi connectivity index (χ0v) is 22.4. The first-order chi connectivity index (χ1) is 18.4. The maximum atomic E-state index is 13.4. The molecule has 2 aliphatic heterocycles. The number of piperidine rings is 1. The number of carbonyl (C=O) groups excluding carboxylic acids is 2. The molecule has 3 fully saturated rings. The predicted octanol–water partition coefficient (Wildman–Crippen LogP) is 4.84. The van der Waals surface area contributed by atoms with Gasteiger partial charge in [0.05, 0.1) is 12.1 Å². The summed E-state index contributed by atoms with van der Waals surface area (Å²) in [5.74, 6) is 0.623. The van der Waals surface area contributed by atoms with Crippen molar-refractivity contribution in [2.45, 2.75) is 51.0 Å². The van der Waals surface area contributed by atoms with Crippen LogP contribution in [0.1, 0.15) is 59.5 Å². The number of benzene rings is 2. The van der Waals surface area contributed by atoms with Crippen molar-refractivity contribution in [3.8, 4) is 11.1 Å². The van der Waals surface area contributed by atoms with Gasteiger partial charge in [-0.3, -0.25) is 19.2 Å². The Hall–Kier alpha value is -3.45. The van der Waals surface area contributed by atoms with Gasteiger partial charge in [-0.05, 0) is 67.3 Å². The number of hydrogen-bond acceptors (Lipinski definition) is 4. The Morgan fingerprint density at radius 1 is 0.947 bits per heavy atom. The zero-order valence-electron chi connectivity index (χ0n) is 22.4. The number of aromatic nitrogens is 2. The van der Waals surface area contributed by atoms with Crippen molar-refractivity contribution in [3.05, 3.63) is 71.5 Å². The molecular formula is C31H37N5O2. The van der Waals surface area contributed by atoms with Crippen LogP contribution in [-0.2, 0) is 11.8 Å². The van der Waals surface area contributed by atoms with E-state index in [9.17, 15) is 9.59 Å². The molecule has 7 nitrogen and oxygen atoms in total. The van der Waals surface area contributed by atoms with Crippen LogP contribution >= 0.6 is 0 Å². The minimum atomic E-state index is 0.0469. The fourth-order valence-electron chi connectivity index (χ4n) is 5.97. The number of carbonyl (C=O) groups is 2. The van der Waals surface area contributed by atoms with E-state index < -0.39 is 0 Å². The Kier molecular flexibility index (Phi) is 6.78. The lowest BCUT2D eigenvalue weighted by Gasteiger charge is -2.47. The van der Waals surface area contributed by atoms with Gasteiger partial charge in [0.25, 0.3) is 5.91 Å². The van der Waals surface area contributed by atoms with Crippen molar-refractivity contribution in [2.75, 3.05) is 31.5 Å². The predicted molar refractivity (Wildman–Crippen MR) is 149 cm³/mol. The Morgan fingerprint density at radius 3 is 2.32 bits per heavy atom. The number of hydrogen-bond donors (Lipinski definition) is 1. The molecule has 0 radical (unpaired) electrons. The Morgan fingerprint density at radius 2 is 1.68 bits per heavy atom. The summed E-state index contributed by atoms with van der Waals surface area (Å²) in [4.78, 5) is 30.6. The van der Waals surface area contributed by atoms with Gasteiger partial charge in [-0.15, -0.1) is 0 Å². The van der Waals surface area contributed by atoms with Crippen LogP contribution in [0.15, 0.2) is 54.9 Å². The third-order valence-electron chi connectivity index (χ3n) is 8.82. The highest BCUT2D eigenvalue weighted by Gasteiger charge is 2.38. The minimum absolute atomic E-state index is 0.0469. The number of nitrogens with one attached hydrogen (secondary N) is 1. The summed E-state index contributed by atoms with van der Waals surface area (Å²) in [5.41, 5.74) is 6.01. The molecule has 0 bridgehead atoms. The van der Waals surface area contributed by atoms with Crippen molar-refractivity contribution in [1.29, 1.82) is 0 Å². The molecule has 3 aliphatic rings. The summed E-state index contributed by atoms with van der Waals surface area (Å²) in [6, 6.07) is 15.2. The molecular weight excluding hydrogens is 474 g/mol. The van der Waals surface area contributed by atoms with Crippen LogP contribution in [0.5, 0.6) is 0 Å². The van der Waals surface area contributed by atoms with E-state index in [1.54, 1.807) is 0 Å². The maximum Gasteiger partial charge on any atom is 0.253 e. The summed E-state index contributed by atoms with van der Waals surface area (Å²) < 4.78 is 1.82. The van der Waals surface area contributed by atoms with E-state index in [0.29, 0.717) is 17.5 Å². The average molecular weight is 512 g/mol. The highest BCUT2D eigenvalue weighted by molar-refractivity contribution is 5.98. The van der Waals surface area contributed by atoms with E-state index in [0.717, 1.165) is 55.8 Å². The van der Waals surface area contributed by atoms with Gasteiger partial charge in [-0.1, -0.05) is 36.8 Å². The molecule has 2 saturated heterocycles. The molecule has 1 saturated carbocycles. The molecule has 1 aromatic heterocycles. The molecule has 3 aromatic rings. The van der Waals surface area contributed by atoms with E-state index in [-0.39, 0.29) is 17.7 Å². The highest BCUT2D eigenvalue weighted by Crippen LogP contribution is 2.33. The van der Waals surface area contributed by atoms with E-state index in [2.05, 4.69) is 39.6 Å². The lowest BCUT2D eigenvalue weighted by atomic mass is 9.86. The van der Waals surface area contributed by atoms with E-state index in [1.165, 1.54) is 30.4 Å². The van der Waals surface area contributed by atoms with Crippen LogP contribution in [0.3, 0.4) is 0 Å². The summed E-state index contributed by atoms with van der Waals surface area (Å²) in [7, 11) is 1.93. The van der Waals surface area contributed by atoms with Crippen molar-refractivity contribution < 1.29 is 9.59 Å². The quantitative estimate of drug-likeness (QED) is 0.514. The van der Waals surface area contributed by atoms with Crippen molar-refractivity contribution in [2.24, 2.45) is 13.0 Å². The maximum absolute atomic E-state index is 13.4. The Bertz CT molecular complexity index is 1310. The van der Waals surface area contributed by atoms with E-state index in [1.807, 2.05) is 54.1 Å². The summed E-state index contributed by atoms with van der Waals surface area (Å²) in [6.45, 7) is 5.17. The molecule has 0 atom stereocenters. The minimum Gasteiger partial charge on any atom is -0.339 e. The number of aryl methyl sites for hydroxylation is 2. The van der Waals surface area contributed by atoms with Crippen LogP contribution in [0, 0.1) is 12.8 Å². The second-order valence-electron chi connectivity index (χ2n) is 11.3. The summed E-state index contributed by atoms with van der Waals surface area (Å²) >= 11 is 0. The lowest BCUT2D eigenvalue weighted by Crippen LogP contribution is -2.57. The van der Waals surface area contributed by atoms with Crippen LogP contribution in [0.4, 0.5) is 5.69 Å². The largest absolute Gasteiger partial charge is 0.339 e. The first-order valence-corrected chi connectivity index (χ1v) is 14.0. The lowest BCUT2D eigenvalue weighted by molar-refractivity contribution is -0.127. The highest BCUT2D eigenvalue weighted by atomic mass is 16.2. The first-order valence-electron chi connectivity index (χ1n) is 14.0. The molecule has 2 amide bonds. The number of likely N-dealkylation sites (tertiary alicyclic amines) is 2. The normalized spacial score (nSPS) is 19.2. The standard InChI is InChI=1S/C31H37N5O2/c1-21-6-7-25(16-29(21)33-30(37)27-19-36(20-27)28-4-3-5-28)31(38)35-14-12-24(13-15-35)22-8-10-23(11-9-22)26-17-32-34(2)18-26/h6-11,16-18,24,27-28H,3-5,12-15,19-20H2,1-2H3,(H,33,37). The van der Waals surface area contributed by atoms with Crippen LogP contribution in [0.25, 0.3) is 11.1 Å². The topological polar surface area (TPSA) is 70.5 Å². The monoisotopic (exact) mass is 511 g/mol. The number of anilines is 1. The molecule has 1 N–H and O–H groups in total. The third-order valence-corrected chi connectivity index (χ3v) is 8.82. The van der Waals surface area contributed by atoms with Crippen molar-refractivity contribution in [1.82, 2.24) is 19.6 Å². The van der Waals surface area contributed by atoms with Crippen LogP contribution in [-0.4, -0.2) is 63.6 Å². The molecule has 0 spiro atoms. The number of nitrogens with zero attached hydrogens (tertiary/aromatic N) is 4. The molecule has 0 unspecified atom stereocenters. The fourth-order valence-corrected chi connectivity index (χ4v) is 5.97. The van der Waals surface area contributed by atoms with Crippen LogP contribution < -0.4 is 5.32 Å². The van der Waals surface area contributed by atoms with Crippen LogP contribution in [0.2, 0.25) is 0 Å². The first kappa shape index (κ1) is 24.9. The van der Waals surface area contributed by atoms with Gasteiger partial charge in [0.1, 0.15) is 0 Å². The molecule has 2 aromatic carbocycles. The number of rotatable bonds is 6. The van der Waals surface area contributed by atoms with Gasteiger partial charge in [-0.25, -0.2) is 0 Å².